The number of piperidine rings is 1. The van der Waals surface area contributed by atoms with Crippen LogP contribution in [0.2, 0.25) is 0 Å². The predicted octanol–water partition coefficient (Wildman–Crippen LogP) is 0.191. The molecule has 0 aromatic rings. The van der Waals surface area contributed by atoms with Crippen LogP contribution in [0, 0.1) is 0 Å². The fourth-order valence-electron chi connectivity index (χ4n) is 1.88. The van der Waals surface area contributed by atoms with Gasteiger partial charge in [0.15, 0.2) is 0 Å². The highest BCUT2D eigenvalue weighted by Gasteiger charge is 2.31. The summed E-state index contributed by atoms with van der Waals surface area (Å²) < 4.78 is 0. The van der Waals surface area contributed by atoms with Gasteiger partial charge in [0.05, 0.1) is 0 Å². The molecule has 86 valence electrons. The summed E-state index contributed by atoms with van der Waals surface area (Å²) in [5, 5.41) is 8.96. The van der Waals surface area contributed by atoms with Crippen molar-refractivity contribution in [1.82, 2.24) is 4.90 Å². The van der Waals surface area contributed by atoms with Gasteiger partial charge >= 0.3 is 5.97 Å². The Morgan fingerprint density at radius 1 is 1.40 bits per heavy atom. The molecule has 1 aliphatic heterocycles. The van der Waals surface area contributed by atoms with Crippen molar-refractivity contribution in [3.05, 3.63) is 0 Å². The standard InChI is InChI=1S/C10H18N2O3/c11-6-3-5-9(13)12-7-2-1-4-8(12)10(14)15/h8H,1-7,11H2,(H,14,15)/t8-/m0/s1. The summed E-state index contributed by atoms with van der Waals surface area (Å²) >= 11 is 0. The predicted molar refractivity (Wildman–Crippen MR) is 55.3 cm³/mol. The Labute approximate surface area is 89.2 Å². The van der Waals surface area contributed by atoms with E-state index in [2.05, 4.69) is 0 Å². The van der Waals surface area contributed by atoms with Gasteiger partial charge in [-0.1, -0.05) is 0 Å². The van der Waals surface area contributed by atoms with E-state index < -0.39 is 12.0 Å². The Kier molecular flexibility index (Phi) is 4.55. The van der Waals surface area contributed by atoms with E-state index in [1.165, 1.54) is 4.90 Å². The van der Waals surface area contributed by atoms with Crippen molar-refractivity contribution >= 4 is 11.9 Å². The molecule has 1 aliphatic rings. The SMILES string of the molecule is NCCCC(=O)N1CCCC[C@H]1C(=O)O. The van der Waals surface area contributed by atoms with E-state index in [0.29, 0.717) is 32.4 Å². The number of amides is 1. The number of hydrogen-bond donors (Lipinski definition) is 2. The molecule has 1 heterocycles. The molecule has 5 heteroatoms. The Hall–Kier alpha value is -1.10. The van der Waals surface area contributed by atoms with Crippen molar-refractivity contribution < 1.29 is 14.7 Å². The molecule has 0 unspecified atom stereocenters. The minimum absolute atomic E-state index is 0.0763. The molecule has 0 aromatic carbocycles. The number of carbonyl (C=O) groups excluding carboxylic acids is 1. The summed E-state index contributed by atoms with van der Waals surface area (Å²) in [6.45, 7) is 1.04. The number of rotatable bonds is 4. The topological polar surface area (TPSA) is 83.6 Å². The van der Waals surface area contributed by atoms with Crippen molar-refractivity contribution in [3.63, 3.8) is 0 Å². The van der Waals surface area contributed by atoms with Crippen molar-refractivity contribution in [2.75, 3.05) is 13.1 Å². The molecule has 3 N–H and O–H groups in total. The molecule has 0 radical (unpaired) electrons. The molecular formula is C10H18N2O3. The fourth-order valence-corrected chi connectivity index (χ4v) is 1.88. The molecule has 5 nitrogen and oxygen atoms in total. The molecular weight excluding hydrogens is 196 g/mol. The second-order valence-electron chi connectivity index (χ2n) is 3.83. The van der Waals surface area contributed by atoms with E-state index in [4.69, 9.17) is 10.8 Å². The van der Waals surface area contributed by atoms with Crippen LogP contribution in [0.25, 0.3) is 0 Å². The highest BCUT2D eigenvalue weighted by molar-refractivity contribution is 5.83. The first-order valence-electron chi connectivity index (χ1n) is 5.39. The van der Waals surface area contributed by atoms with Crippen LogP contribution >= 0.6 is 0 Å². The zero-order valence-corrected chi connectivity index (χ0v) is 8.82. The average molecular weight is 214 g/mol. The molecule has 1 fully saturated rings. The van der Waals surface area contributed by atoms with Gasteiger partial charge < -0.3 is 15.7 Å². The Morgan fingerprint density at radius 2 is 2.13 bits per heavy atom. The first-order valence-corrected chi connectivity index (χ1v) is 5.39. The molecule has 1 saturated heterocycles. The second kappa shape index (κ2) is 5.70. The normalized spacial score (nSPS) is 21.4. The molecule has 1 amide bonds. The Balaban J connectivity index is 2.55. The minimum atomic E-state index is -0.893. The number of carboxylic acid groups (broad SMARTS) is 1. The lowest BCUT2D eigenvalue weighted by molar-refractivity contribution is -0.152. The van der Waals surface area contributed by atoms with Gasteiger partial charge in [-0.15, -0.1) is 0 Å². The zero-order chi connectivity index (χ0) is 11.3. The summed E-state index contributed by atoms with van der Waals surface area (Å²) in [7, 11) is 0. The summed E-state index contributed by atoms with van der Waals surface area (Å²) in [5.74, 6) is -0.969. The smallest absolute Gasteiger partial charge is 0.326 e. The Morgan fingerprint density at radius 3 is 2.73 bits per heavy atom. The van der Waals surface area contributed by atoms with Gasteiger partial charge in [0.25, 0.3) is 0 Å². The minimum Gasteiger partial charge on any atom is -0.480 e. The monoisotopic (exact) mass is 214 g/mol. The average Bonchev–Trinajstić information content (AvgIpc) is 2.25. The van der Waals surface area contributed by atoms with E-state index >= 15 is 0 Å². The Bertz CT molecular complexity index is 243. The van der Waals surface area contributed by atoms with Crippen molar-refractivity contribution in [2.24, 2.45) is 5.73 Å². The first kappa shape index (κ1) is 12.0. The van der Waals surface area contributed by atoms with Gasteiger partial charge in [-0.2, -0.15) is 0 Å². The van der Waals surface area contributed by atoms with Crippen LogP contribution in [-0.4, -0.2) is 41.0 Å². The van der Waals surface area contributed by atoms with Gasteiger partial charge in [0.2, 0.25) is 5.91 Å². The van der Waals surface area contributed by atoms with E-state index in [1.54, 1.807) is 0 Å². The van der Waals surface area contributed by atoms with Crippen LogP contribution in [0.4, 0.5) is 0 Å². The number of hydrogen-bond acceptors (Lipinski definition) is 3. The second-order valence-corrected chi connectivity index (χ2v) is 3.83. The molecule has 0 aliphatic carbocycles. The summed E-state index contributed by atoms with van der Waals surface area (Å²) in [5.41, 5.74) is 5.31. The molecule has 1 rings (SSSR count). The molecule has 0 aromatic heterocycles. The lowest BCUT2D eigenvalue weighted by atomic mass is 10.0. The lowest BCUT2D eigenvalue weighted by Crippen LogP contribution is -2.48. The van der Waals surface area contributed by atoms with E-state index in [9.17, 15) is 9.59 Å². The van der Waals surface area contributed by atoms with Gasteiger partial charge in [-0.25, -0.2) is 4.79 Å². The molecule has 0 spiro atoms. The maximum absolute atomic E-state index is 11.7. The van der Waals surface area contributed by atoms with E-state index in [0.717, 1.165) is 12.8 Å². The number of nitrogens with zero attached hydrogens (tertiary/aromatic N) is 1. The van der Waals surface area contributed by atoms with Crippen LogP contribution in [0.3, 0.4) is 0 Å². The van der Waals surface area contributed by atoms with Crippen LogP contribution in [0.5, 0.6) is 0 Å². The van der Waals surface area contributed by atoms with Crippen molar-refractivity contribution in [2.45, 2.75) is 38.1 Å². The van der Waals surface area contributed by atoms with Gasteiger partial charge in [0.1, 0.15) is 6.04 Å². The maximum Gasteiger partial charge on any atom is 0.326 e. The largest absolute Gasteiger partial charge is 0.480 e. The van der Waals surface area contributed by atoms with Crippen LogP contribution in [0.1, 0.15) is 32.1 Å². The van der Waals surface area contributed by atoms with E-state index in [1.807, 2.05) is 0 Å². The molecule has 15 heavy (non-hydrogen) atoms. The van der Waals surface area contributed by atoms with Crippen LogP contribution < -0.4 is 5.73 Å². The fraction of sp³-hybridized carbons (Fsp3) is 0.800. The highest BCUT2D eigenvalue weighted by Crippen LogP contribution is 2.18. The third-order valence-electron chi connectivity index (χ3n) is 2.70. The van der Waals surface area contributed by atoms with Gasteiger partial charge in [0, 0.05) is 13.0 Å². The summed E-state index contributed by atoms with van der Waals surface area (Å²) in [6.07, 6.45) is 3.35. The quantitative estimate of drug-likeness (QED) is 0.699. The van der Waals surface area contributed by atoms with Gasteiger partial charge in [-0.05, 0) is 32.2 Å². The summed E-state index contributed by atoms with van der Waals surface area (Å²) in [4.78, 5) is 24.1. The molecule has 0 bridgehead atoms. The number of nitrogens with two attached hydrogens (primary N) is 1. The molecule has 0 saturated carbocycles. The number of carbonyl (C=O) groups is 2. The maximum atomic E-state index is 11.7. The lowest BCUT2D eigenvalue weighted by Gasteiger charge is -2.33. The van der Waals surface area contributed by atoms with Crippen LogP contribution in [-0.2, 0) is 9.59 Å². The first-order chi connectivity index (χ1) is 7.16. The number of likely N-dealkylation sites (tertiary alicyclic amines) is 1. The van der Waals surface area contributed by atoms with Crippen LogP contribution in [0.15, 0.2) is 0 Å². The van der Waals surface area contributed by atoms with Crippen molar-refractivity contribution in [3.8, 4) is 0 Å². The third-order valence-corrected chi connectivity index (χ3v) is 2.70. The van der Waals surface area contributed by atoms with Gasteiger partial charge in [-0.3, -0.25) is 4.79 Å². The zero-order valence-electron chi connectivity index (χ0n) is 8.82. The number of aliphatic carboxylic acids is 1. The number of carboxylic acids is 1. The highest BCUT2D eigenvalue weighted by atomic mass is 16.4. The third kappa shape index (κ3) is 3.20. The summed E-state index contributed by atoms with van der Waals surface area (Å²) in [6, 6.07) is -0.621. The van der Waals surface area contributed by atoms with E-state index in [-0.39, 0.29) is 5.91 Å². The molecule has 1 atom stereocenters. The van der Waals surface area contributed by atoms with Crippen molar-refractivity contribution in [1.29, 1.82) is 0 Å².